The fourth-order valence-corrected chi connectivity index (χ4v) is 5.47. The molecule has 0 bridgehead atoms. The van der Waals surface area contributed by atoms with Crippen LogP contribution in [0.15, 0.2) is 48.5 Å². The van der Waals surface area contributed by atoms with Crippen LogP contribution in [-0.4, -0.2) is 11.6 Å². The van der Waals surface area contributed by atoms with Gasteiger partial charge in [-0.05, 0) is 37.8 Å². The van der Waals surface area contributed by atoms with Gasteiger partial charge in [-0.2, -0.15) is 0 Å². The van der Waals surface area contributed by atoms with Crippen molar-refractivity contribution in [2.24, 2.45) is 11.8 Å². The number of hydrogen-bond donors (Lipinski definition) is 0. The predicted octanol–water partition coefficient (Wildman–Crippen LogP) is 7.72. The van der Waals surface area contributed by atoms with Crippen LogP contribution in [0.5, 0.6) is 0 Å². The first-order valence-electron chi connectivity index (χ1n) is 12.6. The quantitative estimate of drug-likeness (QED) is 0.360. The first-order chi connectivity index (χ1) is 15.5. The monoisotopic (exact) mass is 432 g/mol. The molecule has 1 fully saturated rings. The molecular weight excluding hydrogens is 392 g/mol. The summed E-state index contributed by atoms with van der Waals surface area (Å²) in [6.07, 6.45) is 7.24. The van der Waals surface area contributed by atoms with E-state index in [4.69, 9.17) is 0 Å². The maximum absolute atomic E-state index is 13.8. The fraction of sp³-hybridized carbons (Fsp3) is 0.533. The highest BCUT2D eigenvalue weighted by Gasteiger charge is 2.47. The Morgan fingerprint density at radius 1 is 0.812 bits per heavy atom. The Hall–Kier alpha value is -2.22. The van der Waals surface area contributed by atoms with Crippen molar-refractivity contribution in [2.75, 3.05) is 0 Å². The molecule has 0 aromatic heterocycles. The van der Waals surface area contributed by atoms with Gasteiger partial charge in [0.25, 0.3) is 0 Å². The van der Waals surface area contributed by atoms with E-state index in [-0.39, 0.29) is 23.7 Å². The second kappa shape index (κ2) is 11.6. The van der Waals surface area contributed by atoms with Crippen LogP contribution in [0.1, 0.15) is 99.3 Å². The Kier molecular flexibility index (Phi) is 8.84. The van der Waals surface area contributed by atoms with Crippen LogP contribution in [0.2, 0.25) is 0 Å². The Morgan fingerprint density at radius 3 is 1.94 bits per heavy atom. The summed E-state index contributed by atoms with van der Waals surface area (Å²) >= 11 is 0. The highest BCUT2D eigenvalue weighted by atomic mass is 16.1. The first kappa shape index (κ1) is 24.4. The summed E-state index contributed by atoms with van der Waals surface area (Å²) in [6, 6.07) is 17.1. The maximum atomic E-state index is 13.8. The second-order valence-corrected chi connectivity index (χ2v) is 9.82. The van der Waals surface area contributed by atoms with Gasteiger partial charge >= 0.3 is 0 Å². The zero-order valence-corrected chi connectivity index (χ0v) is 20.4. The lowest BCUT2D eigenvalue weighted by Gasteiger charge is -2.42. The SMILES string of the molecule is CCCCCC(=O)[C@H]1[C@@H](c2ccc(C)cc2)[C@@H](CCCC)C(=O)C[C@@H]1c1ccc(C)cc1. The molecule has 172 valence electrons. The molecular formula is C30H40O2. The molecule has 0 N–H and O–H groups in total. The van der Waals surface area contributed by atoms with E-state index in [1.165, 1.54) is 11.1 Å². The molecule has 1 aliphatic carbocycles. The lowest BCUT2D eigenvalue weighted by molar-refractivity contribution is -0.133. The largest absolute Gasteiger partial charge is 0.299 e. The fourth-order valence-electron chi connectivity index (χ4n) is 5.47. The topological polar surface area (TPSA) is 34.1 Å². The highest BCUT2D eigenvalue weighted by molar-refractivity contribution is 5.90. The van der Waals surface area contributed by atoms with Gasteiger partial charge in [0.2, 0.25) is 0 Å². The van der Waals surface area contributed by atoms with Crippen molar-refractivity contribution >= 4 is 11.6 Å². The van der Waals surface area contributed by atoms with Gasteiger partial charge in [0.05, 0.1) is 0 Å². The van der Waals surface area contributed by atoms with Gasteiger partial charge in [0.15, 0.2) is 0 Å². The molecule has 2 aromatic rings. The Balaban J connectivity index is 2.07. The summed E-state index contributed by atoms with van der Waals surface area (Å²) in [6.45, 7) is 8.53. The van der Waals surface area contributed by atoms with Gasteiger partial charge in [-0.1, -0.05) is 99.2 Å². The van der Waals surface area contributed by atoms with E-state index in [0.29, 0.717) is 24.4 Å². The molecule has 4 atom stereocenters. The summed E-state index contributed by atoms with van der Waals surface area (Å²) in [4.78, 5) is 27.3. The molecule has 2 aromatic carbocycles. The third kappa shape index (κ3) is 5.77. The van der Waals surface area contributed by atoms with E-state index in [1.54, 1.807) is 0 Å². The molecule has 2 heteroatoms. The molecule has 32 heavy (non-hydrogen) atoms. The van der Waals surface area contributed by atoms with Crippen LogP contribution < -0.4 is 0 Å². The lowest BCUT2D eigenvalue weighted by atomic mass is 9.59. The number of hydrogen-bond acceptors (Lipinski definition) is 2. The number of aryl methyl sites for hydroxylation is 2. The number of carbonyl (C=O) groups excluding carboxylic acids is 2. The minimum Gasteiger partial charge on any atom is -0.299 e. The van der Waals surface area contributed by atoms with E-state index in [9.17, 15) is 9.59 Å². The molecule has 0 unspecified atom stereocenters. The Bertz CT molecular complexity index is 878. The molecule has 0 saturated heterocycles. The predicted molar refractivity (Wildman–Crippen MR) is 133 cm³/mol. The number of ketones is 2. The van der Waals surface area contributed by atoms with Crippen molar-refractivity contribution in [3.63, 3.8) is 0 Å². The Labute approximate surface area is 194 Å². The van der Waals surface area contributed by atoms with Crippen molar-refractivity contribution in [1.29, 1.82) is 0 Å². The molecule has 0 amide bonds. The van der Waals surface area contributed by atoms with E-state index < -0.39 is 0 Å². The van der Waals surface area contributed by atoms with Gasteiger partial charge in [0, 0.05) is 36.5 Å². The average molecular weight is 433 g/mol. The third-order valence-corrected chi connectivity index (χ3v) is 7.32. The maximum Gasteiger partial charge on any atom is 0.137 e. The standard InChI is InChI=1S/C30H40O2/c1-5-7-9-11-27(31)30-26(23-16-12-21(3)13-17-23)20-28(32)25(10-8-6-2)29(30)24-18-14-22(4)15-19-24/h12-19,25-26,29-30H,5-11,20H2,1-4H3/t25-,26+,29-,30-/m0/s1. The van der Waals surface area contributed by atoms with Crippen LogP contribution in [0.25, 0.3) is 0 Å². The molecule has 3 rings (SSSR count). The first-order valence-corrected chi connectivity index (χ1v) is 12.6. The van der Waals surface area contributed by atoms with E-state index in [1.807, 2.05) is 0 Å². The normalized spacial score (nSPS) is 23.3. The smallest absolute Gasteiger partial charge is 0.137 e. The molecule has 0 aliphatic heterocycles. The van der Waals surface area contributed by atoms with Crippen molar-refractivity contribution in [3.8, 4) is 0 Å². The zero-order valence-electron chi connectivity index (χ0n) is 20.4. The van der Waals surface area contributed by atoms with Crippen molar-refractivity contribution in [1.82, 2.24) is 0 Å². The number of carbonyl (C=O) groups is 2. The van der Waals surface area contributed by atoms with Gasteiger partial charge in [0.1, 0.15) is 11.6 Å². The van der Waals surface area contributed by atoms with Crippen LogP contribution in [0.4, 0.5) is 0 Å². The molecule has 1 aliphatic rings. The summed E-state index contributed by atoms with van der Waals surface area (Å²) in [5.41, 5.74) is 4.72. The van der Waals surface area contributed by atoms with Gasteiger partial charge < -0.3 is 0 Å². The van der Waals surface area contributed by atoms with Crippen LogP contribution in [0, 0.1) is 25.7 Å². The van der Waals surface area contributed by atoms with E-state index >= 15 is 0 Å². The molecule has 0 spiro atoms. The lowest BCUT2D eigenvalue weighted by Crippen LogP contribution is -2.42. The summed E-state index contributed by atoms with van der Waals surface area (Å²) < 4.78 is 0. The molecule has 0 radical (unpaired) electrons. The average Bonchev–Trinajstić information content (AvgIpc) is 2.79. The zero-order chi connectivity index (χ0) is 23.1. The third-order valence-electron chi connectivity index (χ3n) is 7.32. The van der Waals surface area contributed by atoms with Crippen molar-refractivity contribution in [3.05, 3.63) is 70.8 Å². The molecule has 2 nitrogen and oxygen atoms in total. The van der Waals surface area contributed by atoms with Crippen molar-refractivity contribution in [2.45, 2.75) is 90.9 Å². The van der Waals surface area contributed by atoms with Gasteiger partial charge in [-0.3, -0.25) is 9.59 Å². The van der Waals surface area contributed by atoms with Crippen LogP contribution in [0.3, 0.4) is 0 Å². The number of Topliss-reactive ketones (excluding diaryl/α,β-unsaturated/α-hetero) is 2. The van der Waals surface area contributed by atoms with Crippen LogP contribution in [-0.2, 0) is 9.59 Å². The molecule has 0 heterocycles. The number of unbranched alkanes of at least 4 members (excludes halogenated alkanes) is 3. The minimum absolute atomic E-state index is 0.0242. The summed E-state index contributed by atoms with van der Waals surface area (Å²) in [7, 11) is 0. The minimum atomic E-state index is -0.128. The van der Waals surface area contributed by atoms with E-state index in [0.717, 1.165) is 49.7 Å². The number of benzene rings is 2. The van der Waals surface area contributed by atoms with Gasteiger partial charge in [-0.15, -0.1) is 0 Å². The number of rotatable bonds is 10. The van der Waals surface area contributed by atoms with Crippen LogP contribution >= 0.6 is 0 Å². The molecule has 1 saturated carbocycles. The van der Waals surface area contributed by atoms with Gasteiger partial charge in [-0.25, -0.2) is 0 Å². The Morgan fingerprint density at radius 2 is 1.38 bits per heavy atom. The van der Waals surface area contributed by atoms with Crippen molar-refractivity contribution < 1.29 is 9.59 Å². The van der Waals surface area contributed by atoms with E-state index in [2.05, 4.69) is 76.2 Å². The second-order valence-electron chi connectivity index (χ2n) is 9.82. The summed E-state index contributed by atoms with van der Waals surface area (Å²) in [5, 5.41) is 0. The highest BCUT2D eigenvalue weighted by Crippen LogP contribution is 2.50. The summed E-state index contributed by atoms with van der Waals surface area (Å²) in [5.74, 6) is 0.456.